The number of hydrogen-bond donors (Lipinski definition) is 2. The van der Waals surface area contributed by atoms with Gasteiger partial charge in [-0.15, -0.1) is 24.0 Å². The Hall–Kier alpha value is -0.830. The van der Waals surface area contributed by atoms with Crippen LogP contribution < -0.4 is 10.6 Å². The molecule has 6 nitrogen and oxygen atoms in total. The SMILES string of the molecule is CCOC(CCNC(=NC)NCC(C)Cn1nc(C)cc1C)C(C)C.I. The Bertz CT molecular complexity index is 530. The van der Waals surface area contributed by atoms with Gasteiger partial charge in [0.05, 0.1) is 11.8 Å². The molecule has 2 atom stereocenters. The third kappa shape index (κ3) is 9.21. The Balaban J connectivity index is 0.00000625. The van der Waals surface area contributed by atoms with Gasteiger partial charge in [-0.1, -0.05) is 20.8 Å². The normalized spacial score (nSPS) is 14.1. The second-order valence-electron chi connectivity index (χ2n) is 7.12. The molecule has 152 valence electrons. The number of aromatic nitrogens is 2. The Morgan fingerprint density at radius 3 is 2.46 bits per heavy atom. The Morgan fingerprint density at radius 2 is 1.96 bits per heavy atom. The van der Waals surface area contributed by atoms with E-state index < -0.39 is 0 Å². The summed E-state index contributed by atoms with van der Waals surface area (Å²) in [6.45, 7) is 16.2. The zero-order valence-corrected chi connectivity index (χ0v) is 19.8. The van der Waals surface area contributed by atoms with E-state index in [1.165, 1.54) is 5.69 Å². The van der Waals surface area contributed by atoms with Gasteiger partial charge in [-0.05, 0) is 45.1 Å². The highest BCUT2D eigenvalue weighted by Crippen LogP contribution is 2.10. The Labute approximate surface area is 176 Å². The summed E-state index contributed by atoms with van der Waals surface area (Å²) >= 11 is 0. The van der Waals surface area contributed by atoms with E-state index in [1.54, 1.807) is 0 Å². The molecular formula is C19H38IN5O. The molecule has 0 aliphatic carbocycles. The van der Waals surface area contributed by atoms with E-state index in [0.717, 1.165) is 44.3 Å². The van der Waals surface area contributed by atoms with Crippen molar-refractivity contribution in [1.82, 2.24) is 20.4 Å². The largest absolute Gasteiger partial charge is 0.378 e. The van der Waals surface area contributed by atoms with Crippen molar-refractivity contribution in [2.45, 2.75) is 60.6 Å². The summed E-state index contributed by atoms with van der Waals surface area (Å²) in [5.74, 6) is 1.83. The molecule has 0 radical (unpaired) electrons. The molecule has 0 spiro atoms. The van der Waals surface area contributed by atoms with Crippen molar-refractivity contribution >= 4 is 29.9 Å². The van der Waals surface area contributed by atoms with Crippen LogP contribution in [-0.4, -0.2) is 48.6 Å². The van der Waals surface area contributed by atoms with Crippen molar-refractivity contribution < 1.29 is 4.74 Å². The van der Waals surface area contributed by atoms with Gasteiger partial charge in [-0.2, -0.15) is 5.10 Å². The van der Waals surface area contributed by atoms with Crippen molar-refractivity contribution in [3.8, 4) is 0 Å². The third-order valence-electron chi connectivity index (χ3n) is 4.28. The molecule has 7 heteroatoms. The van der Waals surface area contributed by atoms with Crippen LogP contribution >= 0.6 is 24.0 Å². The first-order valence-corrected chi connectivity index (χ1v) is 9.44. The highest BCUT2D eigenvalue weighted by Gasteiger charge is 2.13. The van der Waals surface area contributed by atoms with Crippen LogP contribution in [0, 0.1) is 25.7 Å². The molecule has 1 heterocycles. The highest BCUT2D eigenvalue weighted by molar-refractivity contribution is 14.0. The van der Waals surface area contributed by atoms with Crippen LogP contribution in [0.1, 0.15) is 45.5 Å². The minimum absolute atomic E-state index is 0. The van der Waals surface area contributed by atoms with Gasteiger partial charge < -0.3 is 15.4 Å². The van der Waals surface area contributed by atoms with E-state index in [1.807, 2.05) is 20.9 Å². The van der Waals surface area contributed by atoms with Gasteiger partial charge in [0.15, 0.2) is 5.96 Å². The molecule has 0 fully saturated rings. The van der Waals surface area contributed by atoms with Gasteiger partial charge in [0.25, 0.3) is 0 Å². The number of nitrogens with zero attached hydrogens (tertiary/aromatic N) is 3. The fraction of sp³-hybridized carbons (Fsp3) is 0.789. The van der Waals surface area contributed by atoms with Gasteiger partial charge >= 0.3 is 0 Å². The molecule has 2 unspecified atom stereocenters. The van der Waals surface area contributed by atoms with Gasteiger partial charge in [0.2, 0.25) is 0 Å². The van der Waals surface area contributed by atoms with Crippen molar-refractivity contribution in [3.05, 3.63) is 17.5 Å². The van der Waals surface area contributed by atoms with Crippen LogP contribution in [0.4, 0.5) is 0 Å². The second kappa shape index (κ2) is 13.4. The molecule has 26 heavy (non-hydrogen) atoms. The van der Waals surface area contributed by atoms with E-state index in [2.05, 4.69) is 59.2 Å². The van der Waals surface area contributed by atoms with E-state index in [0.29, 0.717) is 17.9 Å². The van der Waals surface area contributed by atoms with E-state index in [9.17, 15) is 0 Å². The molecule has 0 aliphatic rings. The lowest BCUT2D eigenvalue weighted by Crippen LogP contribution is -2.41. The summed E-state index contributed by atoms with van der Waals surface area (Å²) in [7, 11) is 1.81. The first-order valence-electron chi connectivity index (χ1n) is 9.44. The predicted octanol–water partition coefficient (Wildman–Crippen LogP) is 3.37. The predicted molar refractivity (Wildman–Crippen MR) is 121 cm³/mol. The standard InChI is InChI=1S/C19H37N5O.HI/c1-8-25-18(14(2)3)9-10-21-19(20-7)22-12-15(4)13-24-17(6)11-16(5)23-24;/h11,14-15,18H,8-10,12-13H2,1-7H3,(H2,20,21,22);1H. The van der Waals surface area contributed by atoms with Crippen LogP contribution in [-0.2, 0) is 11.3 Å². The molecule has 0 bridgehead atoms. The number of rotatable bonds is 10. The molecule has 0 aromatic carbocycles. The Kier molecular flexibility index (Phi) is 12.9. The number of halogens is 1. The smallest absolute Gasteiger partial charge is 0.190 e. The van der Waals surface area contributed by atoms with Gasteiger partial charge in [0.1, 0.15) is 0 Å². The maximum Gasteiger partial charge on any atom is 0.190 e. The molecule has 0 amide bonds. The second-order valence-corrected chi connectivity index (χ2v) is 7.12. The van der Waals surface area contributed by atoms with Crippen LogP contribution in [0.5, 0.6) is 0 Å². The van der Waals surface area contributed by atoms with Crippen molar-refractivity contribution in [2.24, 2.45) is 16.8 Å². The third-order valence-corrected chi connectivity index (χ3v) is 4.28. The molecule has 0 saturated carbocycles. The summed E-state index contributed by atoms with van der Waals surface area (Å²) in [4.78, 5) is 4.31. The lowest BCUT2D eigenvalue weighted by Gasteiger charge is -2.22. The Morgan fingerprint density at radius 1 is 1.27 bits per heavy atom. The number of nitrogens with one attached hydrogen (secondary N) is 2. The molecule has 1 aromatic heterocycles. The highest BCUT2D eigenvalue weighted by atomic mass is 127. The molecule has 1 aromatic rings. The summed E-state index contributed by atoms with van der Waals surface area (Å²) in [5.41, 5.74) is 2.28. The first kappa shape index (κ1) is 25.2. The fourth-order valence-corrected chi connectivity index (χ4v) is 2.87. The summed E-state index contributed by atoms with van der Waals surface area (Å²) in [5, 5.41) is 11.3. The number of aliphatic imine (C=N–C) groups is 1. The number of hydrogen-bond acceptors (Lipinski definition) is 3. The minimum Gasteiger partial charge on any atom is -0.378 e. The van der Waals surface area contributed by atoms with Crippen LogP contribution in [0.15, 0.2) is 11.1 Å². The van der Waals surface area contributed by atoms with Gasteiger partial charge in [-0.25, -0.2) is 0 Å². The van der Waals surface area contributed by atoms with Gasteiger partial charge in [-0.3, -0.25) is 9.67 Å². The molecule has 1 rings (SSSR count). The fourth-order valence-electron chi connectivity index (χ4n) is 2.87. The first-order chi connectivity index (χ1) is 11.9. The van der Waals surface area contributed by atoms with Crippen LogP contribution in [0.2, 0.25) is 0 Å². The van der Waals surface area contributed by atoms with E-state index >= 15 is 0 Å². The molecule has 0 saturated heterocycles. The summed E-state index contributed by atoms with van der Waals surface area (Å²) < 4.78 is 7.86. The monoisotopic (exact) mass is 479 g/mol. The maximum atomic E-state index is 5.79. The number of ether oxygens (including phenoxy) is 1. The molecule has 2 N–H and O–H groups in total. The van der Waals surface area contributed by atoms with E-state index in [-0.39, 0.29) is 24.0 Å². The van der Waals surface area contributed by atoms with Crippen molar-refractivity contribution in [3.63, 3.8) is 0 Å². The lowest BCUT2D eigenvalue weighted by molar-refractivity contribution is 0.0258. The lowest BCUT2D eigenvalue weighted by atomic mass is 10.0. The van der Waals surface area contributed by atoms with Crippen molar-refractivity contribution in [1.29, 1.82) is 0 Å². The summed E-state index contributed by atoms with van der Waals surface area (Å²) in [6, 6.07) is 2.12. The summed E-state index contributed by atoms with van der Waals surface area (Å²) in [6.07, 6.45) is 1.27. The average molecular weight is 479 g/mol. The van der Waals surface area contributed by atoms with Crippen LogP contribution in [0.3, 0.4) is 0 Å². The van der Waals surface area contributed by atoms with Crippen molar-refractivity contribution in [2.75, 3.05) is 26.7 Å². The number of aryl methyl sites for hydroxylation is 2. The number of guanidine groups is 1. The van der Waals surface area contributed by atoms with E-state index in [4.69, 9.17) is 4.74 Å². The zero-order valence-electron chi connectivity index (χ0n) is 17.5. The van der Waals surface area contributed by atoms with Crippen LogP contribution in [0.25, 0.3) is 0 Å². The minimum atomic E-state index is 0. The average Bonchev–Trinajstić information content (AvgIpc) is 2.86. The molecular weight excluding hydrogens is 441 g/mol. The van der Waals surface area contributed by atoms with Gasteiger partial charge in [0, 0.05) is 39.0 Å². The zero-order chi connectivity index (χ0) is 18.8. The topological polar surface area (TPSA) is 63.5 Å². The maximum absolute atomic E-state index is 5.79. The molecule has 0 aliphatic heterocycles. The quantitative estimate of drug-likeness (QED) is 0.307.